The Morgan fingerprint density at radius 3 is 3.06 bits per heavy atom. The Balaban J connectivity index is 1.82. The van der Waals surface area contributed by atoms with Gasteiger partial charge < -0.3 is 11.1 Å². The molecule has 0 aromatic carbocycles. The van der Waals surface area contributed by atoms with Gasteiger partial charge in [-0.25, -0.2) is 4.98 Å². The molecule has 1 fully saturated rings. The molecule has 0 saturated heterocycles. The van der Waals surface area contributed by atoms with E-state index in [2.05, 4.69) is 10.3 Å². The number of rotatable bonds is 5. The molecule has 2 rings (SSSR count). The quantitative estimate of drug-likeness (QED) is 0.625. The van der Waals surface area contributed by atoms with Crippen LogP contribution >= 0.6 is 11.6 Å². The van der Waals surface area contributed by atoms with Crippen LogP contribution in [0, 0.1) is 5.92 Å². The lowest BCUT2D eigenvalue weighted by atomic mass is 10.2. The van der Waals surface area contributed by atoms with Crippen LogP contribution in [-0.2, 0) is 0 Å². The van der Waals surface area contributed by atoms with Crippen molar-refractivity contribution in [3.63, 3.8) is 0 Å². The third-order valence-electron chi connectivity index (χ3n) is 2.92. The summed E-state index contributed by atoms with van der Waals surface area (Å²) in [6, 6.07) is 1.49. The molecule has 1 aliphatic carbocycles. The summed E-state index contributed by atoms with van der Waals surface area (Å²) in [6.45, 7) is 0.689. The van der Waals surface area contributed by atoms with Crippen LogP contribution < -0.4 is 11.1 Å². The lowest BCUT2D eigenvalue weighted by Crippen LogP contribution is -2.25. The number of aromatic nitrogens is 1. The Hall–Kier alpha value is -1.29. The first-order valence-electron chi connectivity index (χ1n) is 5.86. The number of carbonyl (C=O) groups is 1. The standard InChI is InChI=1S/C12H16ClN3O/c13-11-6-9(10(14)7-16-11)12(17)15-5-1-2-8-3-4-8/h6-8H,1-5,14H2,(H,15,17). The topological polar surface area (TPSA) is 68.0 Å². The second-order valence-electron chi connectivity index (χ2n) is 4.44. The number of carbonyl (C=O) groups excluding carboxylic acids is 1. The fourth-order valence-electron chi connectivity index (χ4n) is 1.73. The lowest BCUT2D eigenvalue weighted by Gasteiger charge is -2.07. The molecular weight excluding hydrogens is 238 g/mol. The van der Waals surface area contributed by atoms with Crippen molar-refractivity contribution in [3.05, 3.63) is 23.0 Å². The van der Waals surface area contributed by atoms with Crippen molar-refractivity contribution in [2.24, 2.45) is 5.92 Å². The molecule has 17 heavy (non-hydrogen) atoms. The van der Waals surface area contributed by atoms with Gasteiger partial charge in [0.25, 0.3) is 5.91 Å². The number of nitrogens with two attached hydrogens (primary N) is 1. The van der Waals surface area contributed by atoms with E-state index in [4.69, 9.17) is 17.3 Å². The Morgan fingerprint density at radius 2 is 2.35 bits per heavy atom. The van der Waals surface area contributed by atoms with Gasteiger partial charge in [-0.3, -0.25) is 4.79 Å². The average molecular weight is 254 g/mol. The molecule has 0 radical (unpaired) electrons. The number of nitrogen functional groups attached to an aromatic ring is 1. The predicted molar refractivity (Wildman–Crippen MR) is 68.0 cm³/mol. The van der Waals surface area contributed by atoms with Crippen molar-refractivity contribution in [1.29, 1.82) is 0 Å². The molecule has 0 atom stereocenters. The molecule has 92 valence electrons. The van der Waals surface area contributed by atoms with E-state index in [9.17, 15) is 4.79 Å². The Bertz CT molecular complexity index is 418. The highest BCUT2D eigenvalue weighted by atomic mass is 35.5. The number of amides is 1. The number of hydrogen-bond acceptors (Lipinski definition) is 3. The van der Waals surface area contributed by atoms with Crippen molar-refractivity contribution >= 4 is 23.2 Å². The van der Waals surface area contributed by atoms with Gasteiger partial charge in [-0.15, -0.1) is 0 Å². The molecule has 0 bridgehead atoms. The van der Waals surface area contributed by atoms with Crippen molar-refractivity contribution < 1.29 is 4.79 Å². The zero-order chi connectivity index (χ0) is 12.3. The van der Waals surface area contributed by atoms with Crippen molar-refractivity contribution in [3.8, 4) is 0 Å². The van der Waals surface area contributed by atoms with Crippen LogP contribution in [0.15, 0.2) is 12.3 Å². The van der Waals surface area contributed by atoms with Crippen LogP contribution in [0.3, 0.4) is 0 Å². The monoisotopic (exact) mass is 253 g/mol. The number of anilines is 1. The molecule has 1 heterocycles. The number of hydrogen-bond donors (Lipinski definition) is 2. The van der Waals surface area contributed by atoms with Gasteiger partial charge in [-0.1, -0.05) is 24.4 Å². The zero-order valence-corrected chi connectivity index (χ0v) is 10.3. The summed E-state index contributed by atoms with van der Waals surface area (Å²) in [5.41, 5.74) is 6.43. The first-order valence-corrected chi connectivity index (χ1v) is 6.24. The van der Waals surface area contributed by atoms with Crippen LogP contribution in [0.25, 0.3) is 0 Å². The minimum atomic E-state index is -0.178. The number of halogens is 1. The van der Waals surface area contributed by atoms with Gasteiger partial charge in [0.05, 0.1) is 17.4 Å². The van der Waals surface area contributed by atoms with E-state index in [-0.39, 0.29) is 11.1 Å². The van der Waals surface area contributed by atoms with Crippen LogP contribution in [0.2, 0.25) is 5.15 Å². The second-order valence-corrected chi connectivity index (χ2v) is 4.82. The lowest BCUT2D eigenvalue weighted by molar-refractivity contribution is 0.0953. The highest BCUT2D eigenvalue weighted by molar-refractivity contribution is 6.29. The zero-order valence-electron chi connectivity index (χ0n) is 9.58. The summed E-state index contributed by atoms with van der Waals surface area (Å²) >= 11 is 5.73. The number of pyridine rings is 1. The minimum absolute atomic E-state index is 0.178. The van der Waals surface area contributed by atoms with Crippen LogP contribution in [-0.4, -0.2) is 17.4 Å². The summed E-state index contributed by atoms with van der Waals surface area (Å²) in [4.78, 5) is 15.6. The third kappa shape index (κ3) is 3.60. The summed E-state index contributed by atoms with van der Waals surface area (Å²) in [6.07, 6.45) is 6.32. The van der Waals surface area contributed by atoms with E-state index in [1.165, 1.54) is 31.5 Å². The Labute approximate surface area is 106 Å². The van der Waals surface area contributed by atoms with Gasteiger partial charge in [0, 0.05) is 6.54 Å². The maximum absolute atomic E-state index is 11.8. The Morgan fingerprint density at radius 1 is 1.59 bits per heavy atom. The average Bonchev–Trinajstić information content (AvgIpc) is 3.11. The maximum atomic E-state index is 11.8. The molecule has 1 aromatic rings. The van der Waals surface area contributed by atoms with Crippen LogP contribution in [0.4, 0.5) is 5.69 Å². The molecular formula is C12H16ClN3O. The van der Waals surface area contributed by atoms with E-state index in [0.717, 1.165) is 12.3 Å². The van der Waals surface area contributed by atoms with E-state index in [0.29, 0.717) is 17.8 Å². The van der Waals surface area contributed by atoms with Gasteiger partial charge in [0.1, 0.15) is 5.15 Å². The normalized spacial score (nSPS) is 14.6. The SMILES string of the molecule is Nc1cnc(Cl)cc1C(=O)NCCCC1CC1. The molecule has 1 aliphatic rings. The molecule has 1 amide bonds. The van der Waals surface area contributed by atoms with Gasteiger partial charge in [0.15, 0.2) is 0 Å². The molecule has 3 N–H and O–H groups in total. The van der Waals surface area contributed by atoms with Gasteiger partial charge in [-0.2, -0.15) is 0 Å². The smallest absolute Gasteiger partial charge is 0.253 e. The van der Waals surface area contributed by atoms with Crippen molar-refractivity contribution in [1.82, 2.24) is 10.3 Å². The first kappa shape index (κ1) is 12.2. The van der Waals surface area contributed by atoms with Crippen molar-refractivity contribution in [2.45, 2.75) is 25.7 Å². The molecule has 0 spiro atoms. The van der Waals surface area contributed by atoms with Gasteiger partial charge in [-0.05, 0) is 24.8 Å². The highest BCUT2D eigenvalue weighted by Crippen LogP contribution is 2.33. The van der Waals surface area contributed by atoms with Crippen LogP contribution in [0.5, 0.6) is 0 Å². The van der Waals surface area contributed by atoms with E-state index in [1.807, 2.05) is 0 Å². The summed E-state index contributed by atoms with van der Waals surface area (Å²) in [7, 11) is 0. The minimum Gasteiger partial charge on any atom is -0.397 e. The fraction of sp³-hybridized carbons (Fsp3) is 0.500. The second kappa shape index (κ2) is 5.36. The highest BCUT2D eigenvalue weighted by Gasteiger charge is 2.20. The number of nitrogens with zero attached hydrogens (tertiary/aromatic N) is 1. The predicted octanol–water partition coefficient (Wildman–Crippen LogP) is 2.24. The molecule has 0 unspecified atom stereocenters. The third-order valence-corrected chi connectivity index (χ3v) is 3.12. The summed E-state index contributed by atoms with van der Waals surface area (Å²) in [5, 5.41) is 3.12. The summed E-state index contributed by atoms with van der Waals surface area (Å²) in [5.74, 6) is 0.718. The fourth-order valence-corrected chi connectivity index (χ4v) is 1.89. The molecule has 1 saturated carbocycles. The molecule has 0 aliphatic heterocycles. The molecule has 1 aromatic heterocycles. The van der Waals surface area contributed by atoms with Gasteiger partial charge in [0.2, 0.25) is 0 Å². The first-order chi connectivity index (χ1) is 8.16. The number of nitrogens with one attached hydrogen (secondary N) is 1. The van der Waals surface area contributed by atoms with E-state index in [1.54, 1.807) is 0 Å². The molecule has 5 heteroatoms. The van der Waals surface area contributed by atoms with E-state index < -0.39 is 0 Å². The van der Waals surface area contributed by atoms with E-state index >= 15 is 0 Å². The Kier molecular flexibility index (Phi) is 3.84. The maximum Gasteiger partial charge on any atom is 0.253 e. The van der Waals surface area contributed by atoms with Crippen LogP contribution in [0.1, 0.15) is 36.0 Å². The largest absolute Gasteiger partial charge is 0.397 e. The van der Waals surface area contributed by atoms with Gasteiger partial charge >= 0.3 is 0 Å². The summed E-state index contributed by atoms with van der Waals surface area (Å²) < 4.78 is 0. The molecule has 4 nitrogen and oxygen atoms in total. The van der Waals surface area contributed by atoms with Crippen molar-refractivity contribution in [2.75, 3.05) is 12.3 Å².